The van der Waals surface area contributed by atoms with E-state index in [-0.39, 0.29) is 0 Å². The van der Waals surface area contributed by atoms with Gasteiger partial charge in [0.25, 0.3) is 0 Å². The van der Waals surface area contributed by atoms with Crippen molar-refractivity contribution in [2.45, 2.75) is 13.2 Å². The number of nitrogens with one attached hydrogen (secondary N) is 1. The lowest BCUT2D eigenvalue weighted by Gasteiger charge is -2.09. The van der Waals surface area contributed by atoms with Crippen LogP contribution in [0, 0.1) is 0 Å². The maximum absolute atomic E-state index is 5.86. The Morgan fingerprint density at radius 1 is 1.00 bits per heavy atom. The maximum atomic E-state index is 5.86. The van der Waals surface area contributed by atoms with Gasteiger partial charge in [0, 0.05) is 6.54 Å². The van der Waals surface area contributed by atoms with Crippen LogP contribution in [0.15, 0.2) is 66.7 Å². The summed E-state index contributed by atoms with van der Waals surface area (Å²) in [5.41, 5.74) is 3.06. The third kappa shape index (κ3) is 3.35. The number of para-hydroxylation sites is 2. The van der Waals surface area contributed by atoms with E-state index in [9.17, 15) is 0 Å². The van der Waals surface area contributed by atoms with Crippen LogP contribution < -0.4 is 10.1 Å². The van der Waals surface area contributed by atoms with Gasteiger partial charge in [0.2, 0.25) is 0 Å². The third-order valence-electron chi connectivity index (χ3n) is 3.32. The number of benzene rings is 2. The Balaban J connectivity index is 1.85. The first-order chi connectivity index (χ1) is 10.9. The van der Waals surface area contributed by atoms with E-state index in [0.29, 0.717) is 6.61 Å². The Labute approximate surface area is 130 Å². The molecule has 3 aromatic rings. The summed E-state index contributed by atoms with van der Waals surface area (Å²) >= 11 is 0. The minimum atomic E-state index is 0.482. The van der Waals surface area contributed by atoms with Crippen molar-refractivity contribution >= 4 is 0 Å². The lowest BCUT2D eigenvalue weighted by Crippen LogP contribution is -2.07. The van der Waals surface area contributed by atoms with E-state index in [2.05, 4.69) is 16.5 Å². The van der Waals surface area contributed by atoms with Crippen LogP contribution in [0.3, 0.4) is 0 Å². The second-order valence-corrected chi connectivity index (χ2v) is 5.01. The molecule has 4 heteroatoms. The van der Waals surface area contributed by atoms with E-state index in [0.717, 1.165) is 29.4 Å². The largest absolute Gasteiger partial charge is 0.487 e. The van der Waals surface area contributed by atoms with E-state index in [1.54, 1.807) is 0 Å². The Morgan fingerprint density at radius 3 is 2.36 bits per heavy atom. The van der Waals surface area contributed by atoms with Gasteiger partial charge < -0.3 is 10.1 Å². The highest BCUT2D eigenvalue weighted by atomic mass is 16.5. The molecule has 0 amide bonds. The average molecular weight is 293 g/mol. The second-order valence-electron chi connectivity index (χ2n) is 5.01. The normalized spacial score (nSPS) is 10.6. The van der Waals surface area contributed by atoms with Gasteiger partial charge in [-0.15, -0.1) is 0 Å². The molecule has 1 aromatic heterocycles. The zero-order chi connectivity index (χ0) is 15.2. The molecule has 0 unspecified atom stereocenters. The molecule has 4 nitrogen and oxygen atoms in total. The molecule has 1 heterocycles. The van der Waals surface area contributed by atoms with Gasteiger partial charge in [-0.25, -0.2) is 4.68 Å². The quantitative estimate of drug-likeness (QED) is 0.758. The topological polar surface area (TPSA) is 39.1 Å². The lowest BCUT2D eigenvalue weighted by molar-refractivity contribution is 0.297. The van der Waals surface area contributed by atoms with Gasteiger partial charge in [0.1, 0.15) is 12.4 Å². The van der Waals surface area contributed by atoms with Crippen LogP contribution in [0.25, 0.3) is 5.69 Å². The lowest BCUT2D eigenvalue weighted by atomic mass is 10.3. The Hall–Kier alpha value is -2.59. The molecule has 0 bridgehead atoms. The van der Waals surface area contributed by atoms with Crippen molar-refractivity contribution in [1.29, 1.82) is 0 Å². The molecule has 3 rings (SSSR count). The molecule has 22 heavy (non-hydrogen) atoms. The van der Waals surface area contributed by atoms with E-state index in [1.165, 1.54) is 0 Å². The van der Waals surface area contributed by atoms with Crippen LogP contribution in [0.5, 0.6) is 5.75 Å². The van der Waals surface area contributed by atoms with Gasteiger partial charge in [-0.3, -0.25) is 0 Å². The molecular formula is C18H19N3O. The predicted molar refractivity (Wildman–Crippen MR) is 87.1 cm³/mol. The summed E-state index contributed by atoms with van der Waals surface area (Å²) in [6, 6.07) is 22.0. The Kier molecular flexibility index (Phi) is 4.51. The summed E-state index contributed by atoms with van der Waals surface area (Å²) in [7, 11) is 1.92. The second kappa shape index (κ2) is 6.91. The Morgan fingerprint density at radius 2 is 1.68 bits per heavy atom. The van der Waals surface area contributed by atoms with Gasteiger partial charge in [-0.05, 0) is 37.4 Å². The molecule has 0 atom stereocenters. The fourth-order valence-electron chi connectivity index (χ4n) is 2.31. The molecule has 0 radical (unpaired) electrons. The molecule has 0 saturated heterocycles. The number of ether oxygens (including phenoxy) is 1. The number of hydrogen-bond donors (Lipinski definition) is 1. The van der Waals surface area contributed by atoms with Crippen LogP contribution in [0.1, 0.15) is 11.4 Å². The molecular weight excluding hydrogens is 274 g/mol. The first-order valence-electron chi connectivity index (χ1n) is 7.32. The standard InChI is InChI=1S/C18H19N3O/c1-19-13-15-12-17(14-22-18-10-6-3-7-11-18)21(20-15)16-8-4-2-5-9-16/h2-12,19H,13-14H2,1H3. The van der Waals surface area contributed by atoms with Crippen molar-refractivity contribution in [3.63, 3.8) is 0 Å². The number of rotatable bonds is 6. The molecule has 0 aliphatic rings. The third-order valence-corrected chi connectivity index (χ3v) is 3.32. The number of hydrogen-bond acceptors (Lipinski definition) is 3. The molecule has 1 N–H and O–H groups in total. The minimum Gasteiger partial charge on any atom is -0.487 e. The van der Waals surface area contributed by atoms with Crippen molar-refractivity contribution < 1.29 is 4.74 Å². The fraction of sp³-hybridized carbons (Fsp3) is 0.167. The number of nitrogens with zero attached hydrogens (tertiary/aromatic N) is 2. The van der Waals surface area contributed by atoms with Gasteiger partial charge >= 0.3 is 0 Å². The Bertz CT molecular complexity index is 708. The van der Waals surface area contributed by atoms with Crippen LogP contribution >= 0.6 is 0 Å². The van der Waals surface area contributed by atoms with E-state index in [4.69, 9.17) is 4.74 Å². The summed E-state index contributed by atoms with van der Waals surface area (Å²) in [6.45, 7) is 1.22. The molecule has 0 saturated carbocycles. The van der Waals surface area contributed by atoms with Gasteiger partial charge in [0.15, 0.2) is 0 Å². The molecule has 0 fully saturated rings. The fourth-order valence-corrected chi connectivity index (χ4v) is 2.31. The predicted octanol–water partition coefficient (Wildman–Crippen LogP) is 3.17. The molecule has 0 aliphatic heterocycles. The van der Waals surface area contributed by atoms with Gasteiger partial charge in [-0.2, -0.15) is 5.10 Å². The minimum absolute atomic E-state index is 0.482. The number of aromatic nitrogens is 2. The summed E-state index contributed by atoms with van der Waals surface area (Å²) < 4.78 is 7.80. The van der Waals surface area contributed by atoms with Crippen molar-refractivity contribution in [3.8, 4) is 11.4 Å². The van der Waals surface area contributed by atoms with E-state index >= 15 is 0 Å². The average Bonchev–Trinajstić information content (AvgIpc) is 2.98. The molecule has 0 spiro atoms. The van der Waals surface area contributed by atoms with Crippen LogP contribution in [0.4, 0.5) is 0 Å². The van der Waals surface area contributed by atoms with E-state index < -0.39 is 0 Å². The summed E-state index contributed by atoms with van der Waals surface area (Å²) in [5, 5.41) is 7.79. The van der Waals surface area contributed by atoms with Crippen molar-refractivity contribution in [2.24, 2.45) is 0 Å². The monoisotopic (exact) mass is 293 g/mol. The highest BCUT2D eigenvalue weighted by Gasteiger charge is 2.10. The van der Waals surface area contributed by atoms with Gasteiger partial charge in [-0.1, -0.05) is 36.4 Å². The smallest absolute Gasteiger partial charge is 0.130 e. The molecule has 0 aliphatic carbocycles. The summed E-state index contributed by atoms with van der Waals surface area (Å²) in [5.74, 6) is 0.860. The van der Waals surface area contributed by atoms with Gasteiger partial charge in [0.05, 0.1) is 17.1 Å². The van der Waals surface area contributed by atoms with Crippen molar-refractivity contribution in [2.75, 3.05) is 7.05 Å². The van der Waals surface area contributed by atoms with Crippen molar-refractivity contribution in [1.82, 2.24) is 15.1 Å². The van der Waals surface area contributed by atoms with Crippen LogP contribution in [0.2, 0.25) is 0 Å². The highest BCUT2D eigenvalue weighted by molar-refractivity contribution is 5.33. The zero-order valence-electron chi connectivity index (χ0n) is 12.6. The SMILES string of the molecule is CNCc1cc(COc2ccccc2)n(-c2ccccc2)n1. The zero-order valence-corrected chi connectivity index (χ0v) is 12.6. The maximum Gasteiger partial charge on any atom is 0.130 e. The summed E-state index contributed by atoms with van der Waals surface area (Å²) in [4.78, 5) is 0. The summed E-state index contributed by atoms with van der Waals surface area (Å²) in [6.07, 6.45) is 0. The van der Waals surface area contributed by atoms with Crippen molar-refractivity contribution in [3.05, 3.63) is 78.1 Å². The van der Waals surface area contributed by atoms with Crippen LogP contribution in [-0.4, -0.2) is 16.8 Å². The first kappa shape index (κ1) is 14.4. The van der Waals surface area contributed by atoms with Crippen LogP contribution in [-0.2, 0) is 13.2 Å². The first-order valence-corrected chi connectivity index (χ1v) is 7.32. The van der Waals surface area contributed by atoms with E-state index in [1.807, 2.05) is 72.4 Å². The molecule has 112 valence electrons. The highest BCUT2D eigenvalue weighted by Crippen LogP contribution is 2.16. The molecule has 2 aromatic carbocycles.